The highest BCUT2D eigenvalue weighted by Gasteiger charge is 2.12. The Morgan fingerprint density at radius 2 is 1.89 bits per heavy atom. The van der Waals surface area contributed by atoms with Crippen molar-refractivity contribution in [1.29, 1.82) is 0 Å². The standard InChI is InChI=1S/C13H14N4O2/c14-12-9(7-16-13(15)17-12)5-8-1-2-10-11(6-8)19-4-3-18-10/h1-2,6-7H,3-5H2,(H4,14,15,16,17). The van der Waals surface area contributed by atoms with Gasteiger partial charge in [0.25, 0.3) is 0 Å². The van der Waals surface area contributed by atoms with Gasteiger partial charge in [-0.25, -0.2) is 4.98 Å². The van der Waals surface area contributed by atoms with E-state index in [0.29, 0.717) is 25.5 Å². The summed E-state index contributed by atoms with van der Waals surface area (Å²) < 4.78 is 11.0. The number of benzene rings is 1. The normalized spacial score (nSPS) is 13.3. The maximum Gasteiger partial charge on any atom is 0.221 e. The summed E-state index contributed by atoms with van der Waals surface area (Å²) in [5.41, 5.74) is 13.2. The van der Waals surface area contributed by atoms with Crippen LogP contribution in [0, 0.1) is 0 Å². The molecule has 1 aromatic heterocycles. The minimum atomic E-state index is 0.184. The van der Waals surface area contributed by atoms with E-state index in [4.69, 9.17) is 20.9 Å². The average molecular weight is 258 g/mol. The minimum absolute atomic E-state index is 0.184. The molecule has 0 amide bonds. The van der Waals surface area contributed by atoms with Crippen molar-refractivity contribution < 1.29 is 9.47 Å². The zero-order chi connectivity index (χ0) is 13.2. The van der Waals surface area contributed by atoms with Crippen LogP contribution >= 0.6 is 0 Å². The topological polar surface area (TPSA) is 96.3 Å². The van der Waals surface area contributed by atoms with E-state index in [0.717, 1.165) is 22.6 Å². The summed E-state index contributed by atoms with van der Waals surface area (Å²) in [6.45, 7) is 1.16. The van der Waals surface area contributed by atoms with Gasteiger partial charge < -0.3 is 20.9 Å². The second kappa shape index (κ2) is 4.64. The average Bonchev–Trinajstić information content (AvgIpc) is 2.42. The van der Waals surface area contributed by atoms with E-state index in [1.54, 1.807) is 6.20 Å². The highest BCUT2D eigenvalue weighted by molar-refractivity contribution is 5.48. The van der Waals surface area contributed by atoms with Crippen molar-refractivity contribution in [2.24, 2.45) is 0 Å². The number of nitrogens with two attached hydrogens (primary N) is 2. The number of nitrogens with zero attached hydrogens (tertiary/aromatic N) is 2. The number of nitrogen functional groups attached to an aromatic ring is 2. The lowest BCUT2D eigenvalue weighted by Crippen LogP contribution is -2.15. The number of hydrogen-bond donors (Lipinski definition) is 2. The number of anilines is 2. The van der Waals surface area contributed by atoms with Crippen molar-refractivity contribution in [3.8, 4) is 11.5 Å². The SMILES string of the molecule is Nc1ncc(Cc2ccc3c(c2)OCCO3)c(N)n1. The lowest BCUT2D eigenvalue weighted by Gasteiger charge is -2.19. The van der Waals surface area contributed by atoms with Crippen molar-refractivity contribution in [3.63, 3.8) is 0 Å². The molecule has 0 aliphatic carbocycles. The molecule has 0 saturated carbocycles. The summed E-state index contributed by atoms with van der Waals surface area (Å²) in [6, 6.07) is 5.83. The zero-order valence-corrected chi connectivity index (χ0v) is 10.3. The Labute approximate surface area is 110 Å². The Morgan fingerprint density at radius 1 is 1.11 bits per heavy atom. The highest BCUT2D eigenvalue weighted by atomic mass is 16.6. The quantitative estimate of drug-likeness (QED) is 0.834. The molecule has 0 atom stereocenters. The summed E-state index contributed by atoms with van der Waals surface area (Å²) >= 11 is 0. The molecule has 0 radical (unpaired) electrons. The predicted molar refractivity (Wildman–Crippen MR) is 71.1 cm³/mol. The van der Waals surface area contributed by atoms with Crippen molar-refractivity contribution >= 4 is 11.8 Å². The second-order valence-corrected chi connectivity index (χ2v) is 4.29. The van der Waals surface area contributed by atoms with Gasteiger partial charge >= 0.3 is 0 Å². The molecule has 6 nitrogen and oxygen atoms in total. The van der Waals surface area contributed by atoms with Crippen LogP contribution in [-0.4, -0.2) is 23.2 Å². The van der Waals surface area contributed by atoms with E-state index in [-0.39, 0.29) is 5.95 Å². The van der Waals surface area contributed by atoms with Crippen LogP contribution in [0.15, 0.2) is 24.4 Å². The van der Waals surface area contributed by atoms with Crippen LogP contribution in [0.4, 0.5) is 11.8 Å². The van der Waals surface area contributed by atoms with Crippen LogP contribution < -0.4 is 20.9 Å². The van der Waals surface area contributed by atoms with Gasteiger partial charge in [0.15, 0.2) is 11.5 Å². The molecule has 0 unspecified atom stereocenters. The second-order valence-electron chi connectivity index (χ2n) is 4.29. The number of ether oxygens (including phenoxy) is 2. The van der Waals surface area contributed by atoms with Crippen LogP contribution in [0.25, 0.3) is 0 Å². The van der Waals surface area contributed by atoms with Crippen molar-refractivity contribution in [2.45, 2.75) is 6.42 Å². The number of fused-ring (bicyclic) bond motifs is 1. The van der Waals surface area contributed by atoms with Gasteiger partial charge in [0.2, 0.25) is 5.95 Å². The van der Waals surface area contributed by atoms with E-state index < -0.39 is 0 Å². The molecule has 0 fully saturated rings. The molecule has 6 heteroatoms. The van der Waals surface area contributed by atoms with Gasteiger partial charge in [-0.15, -0.1) is 0 Å². The zero-order valence-electron chi connectivity index (χ0n) is 10.3. The molecule has 2 aromatic rings. The molecule has 0 spiro atoms. The van der Waals surface area contributed by atoms with Gasteiger partial charge in [-0.3, -0.25) is 0 Å². The van der Waals surface area contributed by atoms with Crippen LogP contribution in [0.5, 0.6) is 11.5 Å². The number of rotatable bonds is 2. The third kappa shape index (κ3) is 2.37. The molecule has 3 rings (SSSR count). The molecule has 4 N–H and O–H groups in total. The Bertz CT molecular complexity index is 616. The summed E-state index contributed by atoms with van der Waals surface area (Å²) in [7, 11) is 0. The lowest BCUT2D eigenvalue weighted by molar-refractivity contribution is 0.171. The fraction of sp³-hybridized carbons (Fsp3) is 0.231. The molecule has 98 valence electrons. The van der Waals surface area contributed by atoms with Crippen LogP contribution in [0.2, 0.25) is 0 Å². The molecule has 1 aromatic carbocycles. The molecular weight excluding hydrogens is 244 g/mol. The maximum absolute atomic E-state index is 5.82. The first kappa shape index (κ1) is 11.6. The van der Waals surface area contributed by atoms with E-state index in [2.05, 4.69) is 9.97 Å². The first-order chi connectivity index (χ1) is 9.22. The van der Waals surface area contributed by atoms with Gasteiger partial charge in [0, 0.05) is 18.2 Å². The Balaban J connectivity index is 1.87. The van der Waals surface area contributed by atoms with Gasteiger partial charge in [-0.2, -0.15) is 4.98 Å². The van der Waals surface area contributed by atoms with E-state index in [9.17, 15) is 0 Å². The Hall–Kier alpha value is -2.50. The first-order valence-corrected chi connectivity index (χ1v) is 5.98. The van der Waals surface area contributed by atoms with Crippen molar-refractivity contribution in [1.82, 2.24) is 9.97 Å². The van der Waals surface area contributed by atoms with E-state index in [1.807, 2.05) is 18.2 Å². The van der Waals surface area contributed by atoms with Gasteiger partial charge in [-0.05, 0) is 17.7 Å². The fourth-order valence-corrected chi connectivity index (χ4v) is 1.99. The molecule has 19 heavy (non-hydrogen) atoms. The molecule has 2 heterocycles. The van der Waals surface area contributed by atoms with Crippen LogP contribution in [0.1, 0.15) is 11.1 Å². The van der Waals surface area contributed by atoms with Gasteiger partial charge in [0.1, 0.15) is 19.0 Å². The van der Waals surface area contributed by atoms with Gasteiger partial charge in [-0.1, -0.05) is 6.07 Å². The molecule has 1 aliphatic rings. The minimum Gasteiger partial charge on any atom is -0.486 e. The summed E-state index contributed by atoms with van der Waals surface area (Å²) in [5.74, 6) is 2.13. The Morgan fingerprint density at radius 3 is 2.68 bits per heavy atom. The first-order valence-electron chi connectivity index (χ1n) is 5.98. The fourth-order valence-electron chi connectivity index (χ4n) is 1.99. The molecule has 1 aliphatic heterocycles. The highest BCUT2D eigenvalue weighted by Crippen LogP contribution is 2.31. The molecule has 0 saturated heterocycles. The van der Waals surface area contributed by atoms with E-state index in [1.165, 1.54) is 0 Å². The van der Waals surface area contributed by atoms with Gasteiger partial charge in [0.05, 0.1) is 0 Å². The van der Waals surface area contributed by atoms with Crippen molar-refractivity contribution in [3.05, 3.63) is 35.5 Å². The van der Waals surface area contributed by atoms with Crippen molar-refractivity contribution in [2.75, 3.05) is 24.7 Å². The summed E-state index contributed by atoms with van der Waals surface area (Å²) in [5, 5.41) is 0. The maximum atomic E-state index is 5.82. The number of hydrogen-bond acceptors (Lipinski definition) is 6. The third-order valence-electron chi connectivity index (χ3n) is 2.92. The van der Waals surface area contributed by atoms with E-state index >= 15 is 0 Å². The third-order valence-corrected chi connectivity index (χ3v) is 2.92. The monoisotopic (exact) mass is 258 g/mol. The smallest absolute Gasteiger partial charge is 0.221 e. The summed E-state index contributed by atoms with van der Waals surface area (Å²) in [4.78, 5) is 7.90. The lowest BCUT2D eigenvalue weighted by atomic mass is 10.1. The number of aromatic nitrogens is 2. The Kier molecular flexibility index (Phi) is 2.83. The predicted octanol–water partition coefficient (Wildman–Crippen LogP) is 1.00. The van der Waals surface area contributed by atoms with Crippen LogP contribution in [0.3, 0.4) is 0 Å². The molecular formula is C13H14N4O2. The van der Waals surface area contributed by atoms with Crippen LogP contribution in [-0.2, 0) is 6.42 Å². The summed E-state index contributed by atoms with van der Waals surface area (Å²) in [6.07, 6.45) is 2.28. The largest absolute Gasteiger partial charge is 0.486 e. The molecule has 0 bridgehead atoms.